The van der Waals surface area contributed by atoms with Gasteiger partial charge in [-0.05, 0) is 18.1 Å². The molecule has 0 N–H and O–H groups in total. The van der Waals surface area contributed by atoms with Gasteiger partial charge in [0.15, 0.2) is 5.82 Å². The third-order valence-corrected chi connectivity index (χ3v) is 4.67. The number of aryl methyl sites for hydroxylation is 1. The Bertz CT molecular complexity index is 786. The monoisotopic (exact) mass is 352 g/mol. The van der Waals surface area contributed by atoms with E-state index >= 15 is 0 Å². The molecule has 2 aromatic rings. The molecule has 25 heavy (non-hydrogen) atoms. The van der Waals surface area contributed by atoms with Crippen LogP contribution in [0.25, 0.3) is 0 Å². The Morgan fingerprint density at radius 3 is 2.76 bits per heavy atom. The number of benzene rings is 1. The zero-order valence-corrected chi connectivity index (χ0v) is 14.0. The number of halogens is 3. The molecule has 1 saturated heterocycles. The lowest BCUT2D eigenvalue weighted by Crippen LogP contribution is -2.34. The molecule has 1 aliphatic heterocycles. The molecule has 1 fully saturated rings. The van der Waals surface area contributed by atoms with Crippen molar-refractivity contribution in [1.82, 2.24) is 19.7 Å². The number of aromatic nitrogens is 3. The van der Waals surface area contributed by atoms with E-state index < -0.39 is 17.2 Å². The highest BCUT2D eigenvalue weighted by atomic mass is 19.4. The van der Waals surface area contributed by atoms with E-state index in [-0.39, 0.29) is 12.3 Å². The van der Waals surface area contributed by atoms with Crippen molar-refractivity contribution in [3.05, 3.63) is 47.5 Å². The summed E-state index contributed by atoms with van der Waals surface area (Å²) >= 11 is 0. The fourth-order valence-corrected chi connectivity index (χ4v) is 3.19. The van der Waals surface area contributed by atoms with Crippen molar-refractivity contribution in [2.45, 2.75) is 31.4 Å². The van der Waals surface area contributed by atoms with Gasteiger partial charge < -0.3 is 4.90 Å². The average Bonchev–Trinajstić information content (AvgIpc) is 3.14. The molecule has 0 bridgehead atoms. The van der Waals surface area contributed by atoms with Gasteiger partial charge in [0, 0.05) is 25.6 Å². The lowest BCUT2D eigenvalue weighted by Gasteiger charge is -2.26. The van der Waals surface area contributed by atoms with Gasteiger partial charge in [0.25, 0.3) is 0 Å². The Morgan fingerprint density at radius 2 is 2.12 bits per heavy atom. The molecule has 0 radical (unpaired) electrons. The summed E-state index contributed by atoms with van der Waals surface area (Å²) in [5, 5.41) is 4.09. The molecule has 1 unspecified atom stereocenters. The molecule has 0 spiro atoms. The second-order valence-electron chi connectivity index (χ2n) is 6.72. The van der Waals surface area contributed by atoms with E-state index in [1.54, 1.807) is 18.0 Å². The zero-order valence-electron chi connectivity index (χ0n) is 14.0. The highest BCUT2D eigenvalue weighted by molar-refractivity contribution is 5.78. The van der Waals surface area contributed by atoms with E-state index in [2.05, 4.69) is 10.1 Å². The molecule has 1 aromatic heterocycles. The highest BCUT2D eigenvalue weighted by Gasteiger charge is 2.39. The number of amides is 1. The first-order valence-corrected chi connectivity index (χ1v) is 7.97. The summed E-state index contributed by atoms with van der Waals surface area (Å²) in [6, 6.07) is 5.38. The maximum atomic E-state index is 12.9. The van der Waals surface area contributed by atoms with Crippen molar-refractivity contribution in [2.75, 3.05) is 13.1 Å². The Morgan fingerprint density at radius 1 is 1.36 bits per heavy atom. The Kier molecular flexibility index (Phi) is 4.30. The van der Waals surface area contributed by atoms with Crippen LogP contribution in [0.2, 0.25) is 0 Å². The van der Waals surface area contributed by atoms with Crippen LogP contribution in [-0.4, -0.2) is 38.7 Å². The lowest BCUT2D eigenvalue weighted by atomic mass is 9.81. The summed E-state index contributed by atoms with van der Waals surface area (Å²) in [4.78, 5) is 18.1. The molecular weight excluding hydrogens is 333 g/mol. The van der Waals surface area contributed by atoms with Crippen molar-refractivity contribution < 1.29 is 18.0 Å². The molecular formula is C17H19F3N4O. The second kappa shape index (κ2) is 6.16. The van der Waals surface area contributed by atoms with E-state index in [1.165, 1.54) is 23.1 Å². The average molecular weight is 352 g/mol. The lowest BCUT2D eigenvalue weighted by molar-refractivity contribution is -0.137. The van der Waals surface area contributed by atoms with Crippen molar-refractivity contribution in [3.8, 4) is 0 Å². The van der Waals surface area contributed by atoms with Crippen LogP contribution in [0.4, 0.5) is 13.2 Å². The van der Waals surface area contributed by atoms with E-state index in [0.29, 0.717) is 30.9 Å². The van der Waals surface area contributed by atoms with Gasteiger partial charge in [-0.1, -0.05) is 25.1 Å². The Labute approximate surface area is 143 Å². The van der Waals surface area contributed by atoms with Gasteiger partial charge in [0.1, 0.15) is 6.33 Å². The van der Waals surface area contributed by atoms with Crippen LogP contribution in [-0.2, 0) is 29.9 Å². The maximum absolute atomic E-state index is 12.9. The number of hydrogen-bond acceptors (Lipinski definition) is 3. The quantitative estimate of drug-likeness (QED) is 0.853. The molecule has 1 atom stereocenters. The van der Waals surface area contributed by atoms with Gasteiger partial charge in [-0.25, -0.2) is 4.98 Å². The van der Waals surface area contributed by atoms with Gasteiger partial charge in [0.2, 0.25) is 5.91 Å². The van der Waals surface area contributed by atoms with Gasteiger partial charge in [-0.3, -0.25) is 9.48 Å². The molecule has 1 amide bonds. The first-order chi connectivity index (χ1) is 11.7. The first kappa shape index (κ1) is 17.4. The summed E-state index contributed by atoms with van der Waals surface area (Å²) in [6.07, 6.45) is -2.13. The van der Waals surface area contributed by atoms with E-state index in [0.717, 1.165) is 6.07 Å². The summed E-state index contributed by atoms with van der Waals surface area (Å²) in [5.41, 5.74) is -0.545. The second-order valence-corrected chi connectivity index (χ2v) is 6.72. The molecule has 0 aliphatic carbocycles. The van der Waals surface area contributed by atoms with Crippen LogP contribution in [0.15, 0.2) is 30.6 Å². The number of rotatable bonds is 3. The van der Waals surface area contributed by atoms with Gasteiger partial charge in [0.05, 0.1) is 12.0 Å². The number of alkyl halides is 3. The van der Waals surface area contributed by atoms with Gasteiger partial charge >= 0.3 is 6.18 Å². The predicted octanol–water partition coefficient (Wildman–Crippen LogP) is 2.57. The van der Waals surface area contributed by atoms with Crippen LogP contribution < -0.4 is 0 Å². The van der Waals surface area contributed by atoms with Crippen molar-refractivity contribution in [1.29, 1.82) is 0 Å². The van der Waals surface area contributed by atoms with Crippen LogP contribution in [0.1, 0.15) is 30.3 Å². The third kappa shape index (κ3) is 3.67. The molecule has 0 saturated carbocycles. The van der Waals surface area contributed by atoms with E-state index in [9.17, 15) is 18.0 Å². The van der Waals surface area contributed by atoms with Crippen molar-refractivity contribution >= 4 is 5.91 Å². The summed E-state index contributed by atoms with van der Waals surface area (Å²) in [5.74, 6) is 0.335. The molecule has 8 heteroatoms. The minimum Gasteiger partial charge on any atom is -0.341 e. The number of carbonyl (C=O) groups excluding carboxylic acids is 1. The molecule has 134 valence electrons. The summed E-state index contributed by atoms with van der Waals surface area (Å²) in [6.45, 7) is 2.80. The molecule has 1 aromatic carbocycles. The fraction of sp³-hybridized carbons (Fsp3) is 0.471. The maximum Gasteiger partial charge on any atom is 0.416 e. The minimum absolute atomic E-state index is 0.0967. The largest absolute Gasteiger partial charge is 0.416 e. The summed E-state index contributed by atoms with van der Waals surface area (Å²) < 4.78 is 40.4. The minimum atomic E-state index is -4.37. The van der Waals surface area contributed by atoms with Crippen LogP contribution in [0.3, 0.4) is 0 Å². The van der Waals surface area contributed by atoms with E-state index in [4.69, 9.17) is 0 Å². The number of hydrogen-bond donors (Lipinski definition) is 0. The molecule has 3 rings (SSSR count). The first-order valence-electron chi connectivity index (χ1n) is 7.97. The number of carbonyl (C=O) groups is 1. The normalized spacial score (nSPS) is 20.9. The number of nitrogens with zero attached hydrogens (tertiary/aromatic N) is 4. The molecule has 2 heterocycles. The molecule has 1 aliphatic rings. The van der Waals surface area contributed by atoms with E-state index in [1.807, 2.05) is 6.92 Å². The predicted molar refractivity (Wildman–Crippen MR) is 84.7 cm³/mol. The SMILES string of the molecule is Cn1cnc(CC(=O)N2CCC(C)(c3cccc(C(F)(F)F)c3)C2)n1. The van der Waals surface area contributed by atoms with Crippen LogP contribution in [0.5, 0.6) is 0 Å². The van der Waals surface area contributed by atoms with Crippen molar-refractivity contribution in [3.63, 3.8) is 0 Å². The fourth-order valence-electron chi connectivity index (χ4n) is 3.19. The Balaban J connectivity index is 1.73. The zero-order chi connectivity index (χ0) is 18.2. The number of likely N-dealkylation sites (tertiary alicyclic amines) is 1. The topological polar surface area (TPSA) is 51.0 Å². The van der Waals surface area contributed by atoms with Crippen LogP contribution in [0, 0.1) is 0 Å². The van der Waals surface area contributed by atoms with Gasteiger partial charge in [-0.2, -0.15) is 18.3 Å². The smallest absolute Gasteiger partial charge is 0.341 e. The van der Waals surface area contributed by atoms with Gasteiger partial charge in [-0.15, -0.1) is 0 Å². The summed E-state index contributed by atoms with van der Waals surface area (Å²) in [7, 11) is 1.72. The van der Waals surface area contributed by atoms with Crippen molar-refractivity contribution in [2.24, 2.45) is 7.05 Å². The highest BCUT2D eigenvalue weighted by Crippen LogP contribution is 2.37. The third-order valence-electron chi connectivity index (χ3n) is 4.67. The molecule has 5 nitrogen and oxygen atoms in total. The van der Waals surface area contributed by atoms with Crippen LogP contribution >= 0.6 is 0 Å². The Hall–Kier alpha value is -2.38. The standard InChI is InChI=1S/C17H19F3N4O/c1-16(12-4-3-5-13(8-12)17(18,19)20)6-7-24(10-16)15(25)9-14-21-11-23(2)22-14/h3-5,8,11H,6-7,9-10H2,1-2H3.